The van der Waals surface area contributed by atoms with E-state index < -0.39 is 0 Å². The fourth-order valence-corrected chi connectivity index (χ4v) is 2.64. The van der Waals surface area contributed by atoms with Gasteiger partial charge in [0.1, 0.15) is 0 Å². The van der Waals surface area contributed by atoms with Crippen molar-refractivity contribution in [2.24, 2.45) is 0 Å². The van der Waals surface area contributed by atoms with E-state index in [2.05, 4.69) is 32.6 Å². The van der Waals surface area contributed by atoms with Gasteiger partial charge in [0, 0.05) is 18.0 Å². The summed E-state index contributed by atoms with van der Waals surface area (Å²) in [5.74, 6) is -0.285. The topological polar surface area (TPSA) is 21.7 Å². The number of ether oxygens (including phenoxy) is 2. The standard InChI is InChI=1S/C11H21NO2/c1-9-7-11(13-5-6-14-11)8-12(9)10(2,3)4/h9H,5-8H2,1-4H3/t9-/m1/s1. The summed E-state index contributed by atoms with van der Waals surface area (Å²) < 4.78 is 11.5. The van der Waals surface area contributed by atoms with Gasteiger partial charge in [-0.3, -0.25) is 4.90 Å². The summed E-state index contributed by atoms with van der Waals surface area (Å²) in [7, 11) is 0. The molecular formula is C11H21NO2. The highest BCUT2D eigenvalue weighted by Gasteiger charge is 2.49. The van der Waals surface area contributed by atoms with Crippen LogP contribution in [0.2, 0.25) is 0 Å². The molecule has 0 radical (unpaired) electrons. The molecule has 0 aromatic carbocycles. The molecule has 0 aromatic rings. The van der Waals surface area contributed by atoms with Crippen LogP contribution in [-0.2, 0) is 9.47 Å². The lowest BCUT2D eigenvalue weighted by molar-refractivity contribution is -0.148. The molecule has 14 heavy (non-hydrogen) atoms. The second-order valence-corrected chi connectivity index (χ2v) is 5.46. The van der Waals surface area contributed by atoms with Crippen molar-refractivity contribution < 1.29 is 9.47 Å². The summed E-state index contributed by atoms with van der Waals surface area (Å²) in [5, 5.41) is 0. The third kappa shape index (κ3) is 1.69. The molecule has 0 N–H and O–H groups in total. The normalized spacial score (nSPS) is 33.0. The Morgan fingerprint density at radius 3 is 2.21 bits per heavy atom. The van der Waals surface area contributed by atoms with Crippen molar-refractivity contribution in [3.05, 3.63) is 0 Å². The van der Waals surface area contributed by atoms with Crippen LogP contribution in [-0.4, -0.2) is 42.0 Å². The molecule has 0 unspecified atom stereocenters. The van der Waals surface area contributed by atoms with Gasteiger partial charge in [-0.05, 0) is 27.7 Å². The lowest BCUT2D eigenvalue weighted by Gasteiger charge is -2.35. The van der Waals surface area contributed by atoms with Crippen LogP contribution >= 0.6 is 0 Å². The monoisotopic (exact) mass is 199 g/mol. The quantitative estimate of drug-likeness (QED) is 0.592. The van der Waals surface area contributed by atoms with Crippen molar-refractivity contribution in [3.63, 3.8) is 0 Å². The Bertz CT molecular complexity index is 216. The molecule has 82 valence electrons. The highest BCUT2D eigenvalue weighted by Crippen LogP contribution is 2.37. The predicted octanol–water partition coefficient (Wildman–Crippen LogP) is 1.62. The average molecular weight is 199 g/mol. The van der Waals surface area contributed by atoms with Gasteiger partial charge in [0.25, 0.3) is 0 Å². The van der Waals surface area contributed by atoms with Crippen LogP contribution < -0.4 is 0 Å². The van der Waals surface area contributed by atoms with E-state index in [1.165, 1.54) is 0 Å². The molecule has 3 heteroatoms. The van der Waals surface area contributed by atoms with Crippen LogP contribution in [0, 0.1) is 0 Å². The SMILES string of the molecule is C[C@@H]1CC2(CN1C(C)(C)C)OCCO2. The maximum absolute atomic E-state index is 5.73. The minimum atomic E-state index is -0.285. The first-order chi connectivity index (χ1) is 6.43. The maximum atomic E-state index is 5.73. The molecule has 0 amide bonds. The van der Waals surface area contributed by atoms with E-state index in [1.54, 1.807) is 0 Å². The van der Waals surface area contributed by atoms with Gasteiger partial charge in [-0.2, -0.15) is 0 Å². The van der Waals surface area contributed by atoms with Crippen LogP contribution in [0.25, 0.3) is 0 Å². The average Bonchev–Trinajstić information content (AvgIpc) is 2.59. The number of likely N-dealkylation sites (tertiary alicyclic amines) is 1. The Hall–Kier alpha value is -0.120. The van der Waals surface area contributed by atoms with Crippen LogP contribution in [0.1, 0.15) is 34.1 Å². The Morgan fingerprint density at radius 2 is 1.79 bits per heavy atom. The second-order valence-electron chi connectivity index (χ2n) is 5.46. The van der Waals surface area contributed by atoms with Crippen LogP contribution in [0.3, 0.4) is 0 Å². The maximum Gasteiger partial charge on any atom is 0.182 e. The Labute approximate surface area is 86.4 Å². The van der Waals surface area contributed by atoms with Crippen LogP contribution in [0.15, 0.2) is 0 Å². The molecule has 2 aliphatic rings. The smallest absolute Gasteiger partial charge is 0.182 e. The zero-order chi connectivity index (χ0) is 10.4. The van der Waals surface area contributed by atoms with Crippen LogP contribution in [0.4, 0.5) is 0 Å². The largest absolute Gasteiger partial charge is 0.346 e. The Morgan fingerprint density at radius 1 is 1.21 bits per heavy atom. The molecule has 2 fully saturated rings. The number of hydrogen-bond acceptors (Lipinski definition) is 3. The summed E-state index contributed by atoms with van der Waals surface area (Å²) in [4.78, 5) is 2.47. The number of nitrogens with zero attached hydrogens (tertiary/aromatic N) is 1. The van der Waals surface area contributed by atoms with E-state index in [1.807, 2.05) is 0 Å². The first kappa shape index (κ1) is 10.4. The highest BCUT2D eigenvalue weighted by molar-refractivity contribution is 4.96. The summed E-state index contributed by atoms with van der Waals surface area (Å²) in [5.41, 5.74) is 0.207. The molecule has 2 aliphatic heterocycles. The van der Waals surface area contributed by atoms with Crippen LogP contribution in [0.5, 0.6) is 0 Å². The fourth-order valence-electron chi connectivity index (χ4n) is 2.64. The van der Waals surface area contributed by atoms with Crippen molar-refractivity contribution in [1.82, 2.24) is 4.90 Å². The molecule has 1 spiro atoms. The molecule has 0 bridgehead atoms. The molecule has 2 saturated heterocycles. The second kappa shape index (κ2) is 3.19. The van der Waals surface area contributed by atoms with E-state index in [4.69, 9.17) is 9.47 Å². The minimum absolute atomic E-state index is 0.207. The third-order valence-electron chi connectivity index (χ3n) is 3.22. The number of hydrogen-bond donors (Lipinski definition) is 0. The summed E-state index contributed by atoms with van der Waals surface area (Å²) in [6.07, 6.45) is 1.00. The van der Waals surface area contributed by atoms with E-state index in [0.717, 1.165) is 26.2 Å². The molecular weight excluding hydrogens is 178 g/mol. The van der Waals surface area contributed by atoms with Gasteiger partial charge < -0.3 is 9.47 Å². The van der Waals surface area contributed by atoms with Crippen molar-refractivity contribution >= 4 is 0 Å². The minimum Gasteiger partial charge on any atom is -0.346 e. The fraction of sp³-hybridized carbons (Fsp3) is 1.00. The lowest BCUT2D eigenvalue weighted by Crippen LogP contribution is -2.45. The Kier molecular flexibility index (Phi) is 2.37. The zero-order valence-corrected chi connectivity index (χ0v) is 9.67. The van der Waals surface area contributed by atoms with Gasteiger partial charge in [0.15, 0.2) is 5.79 Å². The van der Waals surface area contributed by atoms with Gasteiger partial charge in [-0.15, -0.1) is 0 Å². The van der Waals surface area contributed by atoms with Gasteiger partial charge in [-0.1, -0.05) is 0 Å². The summed E-state index contributed by atoms with van der Waals surface area (Å²) in [6, 6.07) is 0.549. The Balaban J connectivity index is 2.10. The third-order valence-corrected chi connectivity index (χ3v) is 3.22. The van der Waals surface area contributed by atoms with E-state index in [0.29, 0.717) is 6.04 Å². The highest BCUT2D eigenvalue weighted by atomic mass is 16.7. The lowest BCUT2D eigenvalue weighted by atomic mass is 10.1. The number of rotatable bonds is 0. The summed E-state index contributed by atoms with van der Waals surface area (Å²) in [6.45, 7) is 11.4. The summed E-state index contributed by atoms with van der Waals surface area (Å²) >= 11 is 0. The van der Waals surface area contributed by atoms with E-state index in [-0.39, 0.29) is 11.3 Å². The van der Waals surface area contributed by atoms with Crippen molar-refractivity contribution in [1.29, 1.82) is 0 Å². The molecule has 0 aliphatic carbocycles. The van der Waals surface area contributed by atoms with Gasteiger partial charge in [0.2, 0.25) is 0 Å². The van der Waals surface area contributed by atoms with Gasteiger partial charge in [0.05, 0.1) is 19.8 Å². The van der Waals surface area contributed by atoms with E-state index >= 15 is 0 Å². The molecule has 0 saturated carbocycles. The van der Waals surface area contributed by atoms with Crippen molar-refractivity contribution in [2.45, 2.75) is 51.5 Å². The first-order valence-corrected chi connectivity index (χ1v) is 5.48. The molecule has 3 nitrogen and oxygen atoms in total. The van der Waals surface area contributed by atoms with Gasteiger partial charge in [-0.25, -0.2) is 0 Å². The zero-order valence-electron chi connectivity index (χ0n) is 9.67. The molecule has 2 rings (SSSR count). The van der Waals surface area contributed by atoms with Gasteiger partial charge >= 0.3 is 0 Å². The molecule has 1 atom stereocenters. The van der Waals surface area contributed by atoms with Crippen molar-refractivity contribution in [3.8, 4) is 0 Å². The predicted molar refractivity (Wildman–Crippen MR) is 55.2 cm³/mol. The van der Waals surface area contributed by atoms with Crippen molar-refractivity contribution in [2.75, 3.05) is 19.8 Å². The molecule has 2 heterocycles. The molecule has 0 aromatic heterocycles. The van der Waals surface area contributed by atoms with E-state index in [9.17, 15) is 0 Å². The first-order valence-electron chi connectivity index (χ1n) is 5.48.